The molecule has 0 aliphatic heterocycles. The molecule has 0 fully saturated rings. The van der Waals surface area contributed by atoms with Crippen molar-refractivity contribution in [3.63, 3.8) is 0 Å². The summed E-state index contributed by atoms with van der Waals surface area (Å²) in [6.07, 6.45) is 1.84. The molecular formula is C13H19FN2O. The summed E-state index contributed by atoms with van der Waals surface area (Å²) >= 11 is 0. The fourth-order valence-corrected chi connectivity index (χ4v) is 1.50. The third kappa shape index (κ3) is 4.06. The molecule has 0 aromatic heterocycles. The van der Waals surface area contributed by atoms with E-state index in [1.165, 1.54) is 6.07 Å². The van der Waals surface area contributed by atoms with E-state index < -0.39 is 5.82 Å². The van der Waals surface area contributed by atoms with Gasteiger partial charge in [-0.25, -0.2) is 4.39 Å². The molecule has 0 heterocycles. The fourth-order valence-electron chi connectivity index (χ4n) is 1.50. The lowest BCUT2D eigenvalue weighted by Gasteiger charge is -2.18. The van der Waals surface area contributed by atoms with Gasteiger partial charge in [0.1, 0.15) is 5.82 Å². The predicted molar refractivity (Wildman–Crippen MR) is 66.7 cm³/mol. The van der Waals surface area contributed by atoms with Crippen molar-refractivity contribution in [1.82, 2.24) is 0 Å². The molecule has 0 saturated heterocycles. The second-order valence-corrected chi connectivity index (χ2v) is 5.36. The second-order valence-electron chi connectivity index (χ2n) is 5.36. The first-order chi connectivity index (χ1) is 7.83. The van der Waals surface area contributed by atoms with Crippen LogP contribution in [0.2, 0.25) is 0 Å². The van der Waals surface area contributed by atoms with E-state index in [0.717, 1.165) is 18.4 Å². The van der Waals surface area contributed by atoms with E-state index in [9.17, 15) is 4.39 Å². The zero-order valence-electron chi connectivity index (χ0n) is 10.5. The standard InChI is InChI=1S/C13H19FN2O/c1-13(2,3)7-6-9-4-5-11(14)10(8-9)12(15)16-17/h4-5,8,17H,6-7H2,1-3H3,(H2,15,16). The molecule has 1 rings (SSSR count). The Morgan fingerprint density at radius 1 is 1.41 bits per heavy atom. The summed E-state index contributed by atoms with van der Waals surface area (Å²) in [7, 11) is 0. The highest BCUT2D eigenvalue weighted by molar-refractivity contribution is 5.97. The van der Waals surface area contributed by atoms with Crippen molar-refractivity contribution in [2.24, 2.45) is 16.3 Å². The zero-order chi connectivity index (χ0) is 13.1. The van der Waals surface area contributed by atoms with E-state index in [0.29, 0.717) is 0 Å². The van der Waals surface area contributed by atoms with Gasteiger partial charge in [-0.1, -0.05) is 32.0 Å². The highest BCUT2D eigenvalue weighted by Crippen LogP contribution is 2.22. The Balaban J connectivity index is 2.90. The van der Waals surface area contributed by atoms with Crippen LogP contribution in [0.5, 0.6) is 0 Å². The first-order valence-electron chi connectivity index (χ1n) is 5.60. The average molecular weight is 238 g/mol. The minimum Gasteiger partial charge on any atom is -0.409 e. The third-order valence-corrected chi connectivity index (χ3v) is 2.58. The van der Waals surface area contributed by atoms with Crippen molar-refractivity contribution in [3.05, 3.63) is 35.1 Å². The zero-order valence-corrected chi connectivity index (χ0v) is 10.5. The number of halogens is 1. The summed E-state index contributed by atoms with van der Waals surface area (Å²) < 4.78 is 13.4. The molecule has 1 aromatic carbocycles. The van der Waals surface area contributed by atoms with Gasteiger partial charge in [-0.05, 0) is 36.0 Å². The molecule has 17 heavy (non-hydrogen) atoms. The van der Waals surface area contributed by atoms with Crippen molar-refractivity contribution in [2.75, 3.05) is 0 Å². The number of aryl methyl sites for hydroxylation is 1. The van der Waals surface area contributed by atoms with Crippen LogP contribution in [0.3, 0.4) is 0 Å². The van der Waals surface area contributed by atoms with Crippen LogP contribution in [0.1, 0.15) is 38.3 Å². The van der Waals surface area contributed by atoms with Gasteiger partial charge in [0.2, 0.25) is 0 Å². The van der Waals surface area contributed by atoms with Crippen LogP contribution in [0, 0.1) is 11.2 Å². The van der Waals surface area contributed by atoms with E-state index in [4.69, 9.17) is 10.9 Å². The first-order valence-corrected chi connectivity index (χ1v) is 5.60. The molecule has 0 aliphatic rings. The summed E-state index contributed by atoms with van der Waals surface area (Å²) in [4.78, 5) is 0. The number of benzene rings is 1. The summed E-state index contributed by atoms with van der Waals surface area (Å²) in [6, 6.07) is 4.72. The molecule has 0 bridgehead atoms. The van der Waals surface area contributed by atoms with Gasteiger partial charge in [-0.2, -0.15) is 0 Å². The average Bonchev–Trinajstić information content (AvgIpc) is 2.26. The summed E-state index contributed by atoms with van der Waals surface area (Å²) in [5.41, 5.74) is 6.77. The molecule has 94 valence electrons. The van der Waals surface area contributed by atoms with Crippen LogP contribution in [-0.2, 0) is 6.42 Å². The van der Waals surface area contributed by atoms with Crippen molar-refractivity contribution < 1.29 is 9.60 Å². The van der Waals surface area contributed by atoms with Crippen LogP contribution < -0.4 is 5.73 Å². The van der Waals surface area contributed by atoms with Gasteiger partial charge in [-0.3, -0.25) is 0 Å². The predicted octanol–water partition coefficient (Wildman–Crippen LogP) is 2.90. The highest BCUT2D eigenvalue weighted by Gasteiger charge is 2.12. The van der Waals surface area contributed by atoms with Crippen LogP contribution in [0.4, 0.5) is 4.39 Å². The highest BCUT2D eigenvalue weighted by atomic mass is 19.1. The number of nitrogens with two attached hydrogens (primary N) is 1. The molecule has 4 heteroatoms. The Hall–Kier alpha value is -1.58. The largest absolute Gasteiger partial charge is 0.409 e. The molecule has 0 unspecified atom stereocenters. The molecule has 0 radical (unpaired) electrons. The quantitative estimate of drug-likeness (QED) is 0.368. The molecule has 0 saturated carbocycles. The minimum atomic E-state index is -0.472. The molecule has 0 atom stereocenters. The number of hydrogen-bond acceptors (Lipinski definition) is 2. The smallest absolute Gasteiger partial charge is 0.173 e. The number of rotatable bonds is 3. The van der Waals surface area contributed by atoms with Gasteiger partial charge in [0.05, 0.1) is 5.56 Å². The Bertz CT molecular complexity index is 422. The van der Waals surface area contributed by atoms with E-state index >= 15 is 0 Å². The Morgan fingerprint density at radius 2 is 2.06 bits per heavy atom. The Kier molecular flexibility index (Phi) is 4.10. The number of oxime groups is 1. The molecular weight excluding hydrogens is 219 g/mol. The second kappa shape index (κ2) is 5.17. The monoisotopic (exact) mass is 238 g/mol. The maximum Gasteiger partial charge on any atom is 0.173 e. The molecule has 0 spiro atoms. The van der Waals surface area contributed by atoms with Crippen molar-refractivity contribution in [1.29, 1.82) is 0 Å². The lowest BCUT2D eigenvalue weighted by atomic mass is 9.88. The van der Waals surface area contributed by atoms with E-state index in [2.05, 4.69) is 25.9 Å². The minimum absolute atomic E-state index is 0.152. The summed E-state index contributed by atoms with van der Waals surface area (Å²) in [5.74, 6) is -0.667. The van der Waals surface area contributed by atoms with Gasteiger partial charge in [0.25, 0.3) is 0 Å². The van der Waals surface area contributed by atoms with Crippen LogP contribution >= 0.6 is 0 Å². The van der Waals surface area contributed by atoms with Crippen molar-refractivity contribution >= 4 is 5.84 Å². The number of nitrogens with zero attached hydrogens (tertiary/aromatic N) is 1. The Labute approximate surface area is 101 Å². The molecule has 1 aromatic rings. The summed E-state index contributed by atoms with van der Waals surface area (Å²) in [5, 5.41) is 11.4. The van der Waals surface area contributed by atoms with Gasteiger partial charge in [0.15, 0.2) is 5.84 Å². The van der Waals surface area contributed by atoms with Crippen LogP contribution in [0.25, 0.3) is 0 Å². The summed E-state index contributed by atoms with van der Waals surface area (Å²) in [6.45, 7) is 6.46. The van der Waals surface area contributed by atoms with Crippen LogP contribution in [-0.4, -0.2) is 11.0 Å². The molecule has 0 amide bonds. The molecule has 3 N–H and O–H groups in total. The first kappa shape index (κ1) is 13.5. The van der Waals surface area contributed by atoms with E-state index in [-0.39, 0.29) is 16.8 Å². The van der Waals surface area contributed by atoms with Crippen molar-refractivity contribution in [2.45, 2.75) is 33.6 Å². The van der Waals surface area contributed by atoms with Gasteiger partial charge < -0.3 is 10.9 Å². The van der Waals surface area contributed by atoms with Crippen molar-refractivity contribution in [3.8, 4) is 0 Å². The lowest BCUT2D eigenvalue weighted by Crippen LogP contribution is -2.15. The normalized spacial score (nSPS) is 12.8. The van der Waals surface area contributed by atoms with Gasteiger partial charge >= 0.3 is 0 Å². The lowest BCUT2D eigenvalue weighted by molar-refractivity contribution is 0.318. The fraction of sp³-hybridized carbons (Fsp3) is 0.462. The van der Waals surface area contributed by atoms with E-state index in [1.54, 1.807) is 12.1 Å². The third-order valence-electron chi connectivity index (χ3n) is 2.58. The molecule has 3 nitrogen and oxygen atoms in total. The number of hydrogen-bond donors (Lipinski definition) is 2. The maximum atomic E-state index is 13.4. The van der Waals surface area contributed by atoms with Gasteiger partial charge in [-0.15, -0.1) is 0 Å². The van der Waals surface area contributed by atoms with E-state index in [1.807, 2.05) is 0 Å². The number of amidine groups is 1. The van der Waals surface area contributed by atoms with Gasteiger partial charge in [0, 0.05) is 0 Å². The SMILES string of the molecule is CC(C)(C)CCc1ccc(F)c(C(N)=NO)c1. The maximum absolute atomic E-state index is 13.4. The topological polar surface area (TPSA) is 58.6 Å². The van der Waals surface area contributed by atoms with Crippen LogP contribution in [0.15, 0.2) is 23.4 Å². The molecule has 0 aliphatic carbocycles. The Morgan fingerprint density at radius 3 is 2.59 bits per heavy atom.